The Morgan fingerprint density at radius 3 is 2.28 bits per heavy atom. The molecule has 1 saturated heterocycles. The average molecular weight is 491 g/mol. The fraction of sp³-hybridized carbons (Fsp3) is 0.346. The number of benzene rings is 2. The summed E-state index contributed by atoms with van der Waals surface area (Å²) in [7, 11) is 1.56. The quantitative estimate of drug-likeness (QED) is 0.277. The highest BCUT2D eigenvalue weighted by Gasteiger charge is 2.38. The summed E-state index contributed by atoms with van der Waals surface area (Å²) >= 11 is 0. The number of nitrogens with one attached hydrogen (secondary N) is 1. The number of anilines is 1. The second kappa shape index (κ2) is 10.7. The molecule has 0 spiro atoms. The summed E-state index contributed by atoms with van der Waals surface area (Å²) in [5.41, 5.74) is 9.24. The lowest BCUT2D eigenvalue weighted by Crippen LogP contribution is -2.29. The normalized spacial score (nSPS) is 19.9. The number of hydrogen-bond acceptors (Lipinski definition) is 9. The Balaban J connectivity index is 1.56. The number of aliphatic hydroxyl groups is 2. The van der Waals surface area contributed by atoms with Crippen LogP contribution in [0.15, 0.2) is 60.7 Å². The lowest BCUT2D eigenvalue weighted by atomic mass is 9.91. The van der Waals surface area contributed by atoms with Crippen LogP contribution in [0.25, 0.3) is 11.2 Å². The Kier molecular flexibility index (Phi) is 7.21. The van der Waals surface area contributed by atoms with Gasteiger partial charge in [-0.05, 0) is 11.1 Å². The van der Waals surface area contributed by atoms with Gasteiger partial charge in [0.2, 0.25) is 0 Å². The van der Waals surface area contributed by atoms with Crippen molar-refractivity contribution >= 4 is 17.0 Å². The van der Waals surface area contributed by atoms with Crippen LogP contribution in [0, 0.1) is 0 Å². The molecular weight excluding hydrogens is 460 g/mol. The summed E-state index contributed by atoms with van der Waals surface area (Å²) in [6.07, 6.45) is -3.00. The zero-order chi connectivity index (χ0) is 25.1. The maximum atomic E-state index is 10.6. The molecule has 3 heterocycles. The summed E-state index contributed by atoms with van der Waals surface area (Å²) in [6.45, 7) is 0.839. The van der Waals surface area contributed by atoms with Crippen LogP contribution in [0.2, 0.25) is 0 Å². The number of nitrogens with two attached hydrogens (primary N) is 1. The molecule has 1 fully saturated rings. The zero-order valence-corrected chi connectivity index (χ0v) is 20.0. The molecule has 0 bridgehead atoms. The molecule has 0 aliphatic carbocycles. The summed E-state index contributed by atoms with van der Waals surface area (Å²) in [5.74, 6) is 1.51. The molecule has 188 valence electrons. The second-order valence-electron chi connectivity index (χ2n) is 8.73. The van der Waals surface area contributed by atoms with E-state index in [0.29, 0.717) is 35.2 Å². The van der Waals surface area contributed by atoms with E-state index in [4.69, 9.17) is 20.2 Å². The fourth-order valence-corrected chi connectivity index (χ4v) is 4.59. The summed E-state index contributed by atoms with van der Waals surface area (Å²) < 4.78 is 12.7. The number of aromatic nitrogens is 4. The van der Waals surface area contributed by atoms with Crippen LogP contribution in [0.5, 0.6) is 0 Å². The molecule has 5 rings (SSSR count). The summed E-state index contributed by atoms with van der Waals surface area (Å²) in [4.78, 5) is 14.0. The van der Waals surface area contributed by atoms with Gasteiger partial charge in [0.25, 0.3) is 0 Å². The van der Waals surface area contributed by atoms with Gasteiger partial charge in [0.05, 0.1) is 13.2 Å². The number of ether oxygens (including phenoxy) is 2. The van der Waals surface area contributed by atoms with Gasteiger partial charge >= 0.3 is 0 Å². The van der Waals surface area contributed by atoms with Crippen LogP contribution < -0.4 is 11.1 Å². The third-order valence-corrected chi connectivity index (χ3v) is 6.37. The van der Waals surface area contributed by atoms with Crippen molar-refractivity contribution in [2.75, 3.05) is 25.6 Å². The molecule has 1 aliphatic rings. The molecule has 5 N–H and O–H groups in total. The minimum Gasteiger partial charge on any atom is -0.388 e. The summed E-state index contributed by atoms with van der Waals surface area (Å²) in [5, 5.41) is 24.1. The maximum absolute atomic E-state index is 10.6. The van der Waals surface area contributed by atoms with E-state index < -0.39 is 18.4 Å². The van der Waals surface area contributed by atoms with Gasteiger partial charge in [0.1, 0.15) is 30.5 Å². The van der Waals surface area contributed by atoms with Gasteiger partial charge in [-0.25, -0.2) is 15.0 Å². The SMILES string of the molecule is COCc1nc2c(NCC(c3ccccc3)c3ccccc3)nc(CN)nc2n1[C@@H]1OC[C@H](O)[C@H]1O. The number of nitrogens with zero attached hydrogens (tertiary/aromatic N) is 4. The van der Waals surface area contributed by atoms with Crippen LogP contribution in [0.1, 0.15) is 34.9 Å². The Morgan fingerprint density at radius 1 is 1.06 bits per heavy atom. The number of rotatable bonds is 9. The molecule has 36 heavy (non-hydrogen) atoms. The molecule has 0 radical (unpaired) electrons. The molecule has 3 atom stereocenters. The highest BCUT2D eigenvalue weighted by molar-refractivity contribution is 5.84. The predicted octanol–water partition coefficient (Wildman–Crippen LogP) is 1.93. The Morgan fingerprint density at radius 2 is 1.72 bits per heavy atom. The Hall–Kier alpha value is -3.41. The van der Waals surface area contributed by atoms with E-state index in [1.165, 1.54) is 11.1 Å². The molecule has 10 heteroatoms. The van der Waals surface area contributed by atoms with E-state index in [2.05, 4.69) is 39.6 Å². The predicted molar refractivity (Wildman–Crippen MR) is 134 cm³/mol. The first-order valence-electron chi connectivity index (χ1n) is 11.9. The minimum absolute atomic E-state index is 0.00764. The van der Waals surface area contributed by atoms with Crippen molar-refractivity contribution in [1.29, 1.82) is 0 Å². The van der Waals surface area contributed by atoms with Gasteiger partial charge in [-0.3, -0.25) is 4.57 Å². The van der Waals surface area contributed by atoms with E-state index >= 15 is 0 Å². The average Bonchev–Trinajstić information content (AvgIpc) is 3.44. The van der Waals surface area contributed by atoms with Crippen LogP contribution in [0.4, 0.5) is 5.82 Å². The highest BCUT2D eigenvalue weighted by atomic mass is 16.5. The van der Waals surface area contributed by atoms with Gasteiger partial charge in [-0.1, -0.05) is 60.7 Å². The topological polar surface area (TPSA) is 141 Å². The van der Waals surface area contributed by atoms with Gasteiger partial charge in [-0.2, -0.15) is 0 Å². The van der Waals surface area contributed by atoms with Crippen LogP contribution in [-0.2, 0) is 22.6 Å². The molecule has 0 unspecified atom stereocenters. The van der Waals surface area contributed by atoms with Crippen molar-refractivity contribution < 1.29 is 19.7 Å². The largest absolute Gasteiger partial charge is 0.388 e. The molecule has 0 saturated carbocycles. The monoisotopic (exact) mass is 490 g/mol. The van der Waals surface area contributed by atoms with Gasteiger partial charge in [0.15, 0.2) is 23.2 Å². The first-order chi connectivity index (χ1) is 17.6. The number of methoxy groups -OCH3 is 1. The molecule has 10 nitrogen and oxygen atoms in total. The lowest BCUT2D eigenvalue weighted by molar-refractivity contribution is -0.0201. The van der Waals surface area contributed by atoms with Crippen molar-refractivity contribution in [1.82, 2.24) is 19.5 Å². The van der Waals surface area contributed by atoms with Crippen molar-refractivity contribution in [2.24, 2.45) is 5.73 Å². The molecule has 0 amide bonds. The van der Waals surface area contributed by atoms with E-state index in [1.807, 2.05) is 36.4 Å². The fourth-order valence-electron chi connectivity index (χ4n) is 4.59. The summed E-state index contributed by atoms with van der Waals surface area (Å²) in [6, 6.07) is 20.5. The number of hydrogen-bond donors (Lipinski definition) is 4. The molecule has 2 aromatic heterocycles. The van der Waals surface area contributed by atoms with Crippen molar-refractivity contribution in [2.45, 2.75) is 37.5 Å². The highest BCUT2D eigenvalue weighted by Crippen LogP contribution is 2.32. The number of aliphatic hydroxyl groups excluding tert-OH is 2. The standard InChI is InChI=1S/C26H30N6O4/c1-35-15-21-31-22-24(28-13-18(16-8-4-2-5-9-16)17-10-6-3-7-11-17)29-20(12-27)30-25(22)32(21)26-23(34)19(33)14-36-26/h2-11,18-19,23,26,33-34H,12-15,27H2,1H3,(H,28,29,30)/t19-,23+,26+/m0/s1. The van der Waals surface area contributed by atoms with Crippen LogP contribution >= 0.6 is 0 Å². The maximum Gasteiger partial charge on any atom is 0.168 e. The van der Waals surface area contributed by atoms with Gasteiger partial charge in [0, 0.05) is 19.6 Å². The third-order valence-electron chi connectivity index (χ3n) is 6.37. The van der Waals surface area contributed by atoms with E-state index in [0.717, 1.165) is 0 Å². The number of fused-ring (bicyclic) bond motifs is 1. The first-order valence-corrected chi connectivity index (χ1v) is 11.9. The molecule has 2 aromatic carbocycles. The van der Waals surface area contributed by atoms with E-state index in [9.17, 15) is 10.2 Å². The Bertz CT molecular complexity index is 1260. The van der Waals surface area contributed by atoms with Gasteiger partial charge < -0.3 is 30.7 Å². The lowest BCUT2D eigenvalue weighted by Gasteiger charge is -2.20. The molecule has 4 aromatic rings. The third kappa shape index (κ3) is 4.69. The molecular formula is C26H30N6O4. The van der Waals surface area contributed by atoms with E-state index in [-0.39, 0.29) is 25.7 Å². The number of imidazole rings is 1. The smallest absolute Gasteiger partial charge is 0.168 e. The van der Waals surface area contributed by atoms with E-state index in [1.54, 1.807) is 11.7 Å². The van der Waals surface area contributed by atoms with Gasteiger partial charge in [-0.15, -0.1) is 0 Å². The zero-order valence-electron chi connectivity index (χ0n) is 20.0. The van der Waals surface area contributed by atoms with Crippen LogP contribution in [-0.4, -0.2) is 62.2 Å². The van der Waals surface area contributed by atoms with Crippen molar-refractivity contribution in [3.8, 4) is 0 Å². The van der Waals surface area contributed by atoms with Crippen molar-refractivity contribution in [3.63, 3.8) is 0 Å². The van der Waals surface area contributed by atoms with Crippen LogP contribution in [0.3, 0.4) is 0 Å². The first kappa shape index (κ1) is 24.3. The molecule has 1 aliphatic heterocycles. The van der Waals surface area contributed by atoms with Crippen molar-refractivity contribution in [3.05, 3.63) is 83.4 Å². The minimum atomic E-state index is -1.13. The Labute approximate surface area is 208 Å². The second-order valence-corrected chi connectivity index (χ2v) is 8.73.